The Labute approximate surface area is 167 Å². The topological polar surface area (TPSA) is 68.2 Å². The van der Waals surface area contributed by atoms with E-state index in [4.69, 9.17) is 5.73 Å². The predicted octanol–water partition coefficient (Wildman–Crippen LogP) is 3.48. The minimum Gasteiger partial charge on any atom is -0.370 e. The molecular formula is C19H28IN5. The first-order chi connectivity index (χ1) is 11.8. The molecule has 6 heteroatoms. The fourth-order valence-corrected chi connectivity index (χ4v) is 3.25. The maximum absolute atomic E-state index is 6.04. The summed E-state index contributed by atoms with van der Waals surface area (Å²) in [5.41, 5.74) is 7.37. The van der Waals surface area contributed by atoms with Gasteiger partial charge in [0.05, 0.1) is 0 Å². The number of nitrogens with one attached hydrogen (secondary N) is 1. The smallest absolute Gasteiger partial charge is 0.189 e. The van der Waals surface area contributed by atoms with E-state index < -0.39 is 0 Å². The van der Waals surface area contributed by atoms with E-state index in [1.807, 2.05) is 18.5 Å². The molecule has 3 N–H and O–H groups in total. The molecule has 0 bridgehead atoms. The average molecular weight is 453 g/mol. The normalized spacial score (nSPS) is 15.6. The zero-order valence-corrected chi connectivity index (χ0v) is 16.9. The van der Waals surface area contributed by atoms with Crippen molar-refractivity contribution in [2.75, 3.05) is 0 Å². The molecule has 1 aliphatic rings. The highest BCUT2D eigenvalue weighted by molar-refractivity contribution is 14.0. The molecule has 1 heterocycles. The largest absolute Gasteiger partial charge is 0.370 e. The summed E-state index contributed by atoms with van der Waals surface area (Å²) in [5.74, 6) is 1.50. The molecule has 5 nitrogen and oxygen atoms in total. The average Bonchev–Trinajstić information content (AvgIpc) is 3.07. The van der Waals surface area contributed by atoms with E-state index in [-0.39, 0.29) is 24.0 Å². The van der Waals surface area contributed by atoms with Gasteiger partial charge in [-0.15, -0.1) is 24.0 Å². The molecular weight excluding hydrogens is 425 g/mol. The lowest BCUT2D eigenvalue weighted by atomic mass is 9.96. The summed E-state index contributed by atoms with van der Waals surface area (Å²) in [4.78, 5) is 8.90. The van der Waals surface area contributed by atoms with Gasteiger partial charge in [0.1, 0.15) is 12.4 Å². The number of hydrogen-bond acceptors (Lipinski definition) is 2. The lowest BCUT2D eigenvalue weighted by Crippen LogP contribution is -2.41. The zero-order valence-electron chi connectivity index (χ0n) is 14.6. The molecule has 0 radical (unpaired) electrons. The number of aromatic nitrogens is 2. The van der Waals surface area contributed by atoms with Crippen molar-refractivity contribution in [3.8, 4) is 0 Å². The number of nitrogens with zero attached hydrogens (tertiary/aromatic N) is 3. The number of aliphatic imine (C=N–C) groups is 1. The summed E-state index contributed by atoms with van der Waals surface area (Å²) in [7, 11) is 0. The van der Waals surface area contributed by atoms with Crippen LogP contribution in [0.5, 0.6) is 0 Å². The first-order valence-corrected chi connectivity index (χ1v) is 8.91. The maximum Gasteiger partial charge on any atom is 0.189 e. The van der Waals surface area contributed by atoms with E-state index in [1.54, 1.807) is 0 Å². The van der Waals surface area contributed by atoms with Crippen molar-refractivity contribution in [2.45, 2.75) is 57.7 Å². The van der Waals surface area contributed by atoms with E-state index in [0.717, 1.165) is 18.8 Å². The van der Waals surface area contributed by atoms with Crippen LogP contribution in [0.1, 0.15) is 43.5 Å². The van der Waals surface area contributed by atoms with Crippen LogP contribution in [-0.4, -0.2) is 21.6 Å². The molecule has 1 aromatic heterocycles. The van der Waals surface area contributed by atoms with Crippen molar-refractivity contribution in [2.24, 2.45) is 10.7 Å². The van der Waals surface area contributed by atoms with Crippen LogP contribution >= 0.6 is 24.0 Å². The van der Waals surface area contributed by atoms with Gasteiger partial charge in [-0.1, -0.05) is 49.6 Å². The molecule has 0 atom stereocenters. The van der Waals surface area contributed by atoms with Crippen LogP contribution in [0.25, 0.3) is 0 Å². The standard InChI is InChI=1S/C19H27N5.HI/c20-19(23-17-9-5-2-6-10-17)22-15-18-21-12-14-24(18)13-11-16-7-3-1-4-8-16;/h1,3-4,7-8,12,14,17H,2,5-6,9-11,13,15H2,(H3,20,22,23);1H. The van der Waals surface area contributed by atoms with Gasteiger partial charge in [0.2, 0.25) is 0 Å². The molecule has 0 spiro atoms. The highest BCUT2D eigenvalue weighted by Gasteiger charge is 2.13. The van der Waals surface area contributed by atoms with Crippen molar-refractivity contribution in [3.05, 3.63) is 54.1 Å². The minimum absolute atomic E-state index is 0. The molecule has 1 aromatic carbocycles. The van der Waals surface area contributed by atoms with Gasteiger partial charge < -0.3 is 15.6 Å². The first kappa shape index (κ1) is 19.8. The van der Waals surface area contributed by atoms with Gasteiger partial charge in [-0.05, 0) is 24.8 Å². The second kappa shape index (κ2) is 10.4. The van der Waals surface area contributed by atoms with Gasteiger partial charge in [0.25, 0.3) is 0 Å². The highest BCUT2D eigenvalue weighted by Crippen LogP contribution is 2.17. The van der Waals surface area contributed by atoms with E-state index in [0.29, 0.717) is 18.5 Å². The number of halogens is 1. The van der Waals surface area contributed by atoms with Crippen LogP contribution in [0.4, 0.5) is 0 Å². The minimum atomic E-state index is 0. The summed E-state index contributed by atoms with van der Waals surface area (Å²) < 4.78 is 2.16. The van der Waals surface area contributed by atoms with E-state index >= 15 is 0 Å². The SMILES string of the molecule is I.NC(=NCc1nccn1CCc1ccccc1)NC1CCCCC1. The van der Waals surface area contributed by atoms with Crippen LogP contribution in [-0.2, 0) is 19.5 Å². The lowest BCUT2D eigenvalue weighted by molar-refractivity contribution is 0.412. The van der Waals surface area contributed by atoms with Crippen molar-refractivity contribution < 1.29 is 0 Å². The van der Waals surface area contributed by atoms with Crippen LogP contribution in [0.2, 0.25) is 0 Å². The number of guanidine groups is 1. The first-order valence-electron chi connectivity index (χ1n) is 8.91. The van der Waals surface area contributed by atoms with Crippen molar-refractivity contribution in [1.82, 2.24) is 14.9 Å². The number of rotatable bonds is 6. The molecule has 1 fully saturated rings. The third-order valence-electron chi connectivity index (χ3n) is 4.63. The Morgan fingerprint density at radius 3 is 2.72 bits per heavy atom. The van der Waals surface area contributed by atoms with E-state index in [1.165, 1.54) is 37.7 Å². The second-order valence-corrected chi connectivity index (χ2v) is 6.45. The van der Waals surface area contributed by atoms with Crippen molar-refractivity contribution in [3.63, 3.8) is 0 Å². The summed E-state index contributed by atoms with van der Waals surface area (Å²) in [5, 5.41) is 3.35. The second-order valence-electron chi connectivity index (χ2n) is 6.45. The molecule has 136 valence electrons. The number of benzene rings is 1. The molecule has 0 aliphatic heterocycles. The van der Waals surface area contributed by atoms with E-state index in [9.17, 15) is 0 Å². The third kappa shape index (κ3) is 6.34. The van der Waals surface area contributed by atoms with Gasteiger partial charge in [-0.2, -0.15) is 0 Å². The van der Waals surface area contributed by atoms with Gasteiger partial charge in [-0.25, -0.2) is 9.98 Å². The van der Waals surface area contributed by atoms with Gasteiger partial charge in [0, 0.05) is 25.0 Å². The van der Waals surface area contributed by atoms with Crippen LogP contribution in [0, 0.1) is 0 Å². The Bertz CT molecular complexity index is 647. The summed E-state index contributed by atoms with van der Waals surface area (Å²) in [6, 6.07) is 11.0. The van der Waals surface area contributed by atoms with Gasteiger partial charge >= 0.3 is 0 Å². The summed E-state index contributed by atoms with van der Waals surface area (Å²) >= 11 is 0. The van der Waals surface area contributed by atoms with Gasteiger partial charge in [-0.3, -0.25) is 0 Å². The Hall–Kier alpha value is -1.57. The predicted molar refractivity (Wildman–Crippen MR) is 113 cm³/mol. The number of aryl methyl sites for hydroxylation is 2. The zero-order chi connectivity index (χ0) is 16.6. The summed E-state index contributed by atoms with van der Waals surface area (Å²) in [6.07, 6.45) is 11.1. The Balaban J connectivity index is 0.00000225. The fourth-order valence-electron chi connectivity index (χ4n) is 3.25. The molecule has 0 unspecified atom stereocenters. The van der Waals surface area contributed by atoms with E-state index in [2.05, 4.69) is 44.1 Å². The molecule has 0 saturated heterocycles. The molecule has 2 aromatic rings. The lowest BCUT2D eigenvalue weighted by Gasteiger charge is -2.23. The molecule has 25 heavy (non-hydrogen) atoms. The molecule has 3 rings (SSSR count). The Kier molecular flexibility index (Phi) is 8.24. The quantitative estimate of drug-likeness (QED) is 0.400. The van der Waals surface area contributed by atoms with Crippen molar-refractivity contribution >= 4 is 29.9 Å². The maximum atomic E-state index is 6.04. The van der Waals surface area contributed by atoms with Crippen molar-refractivity contribution in [1.29, 1.82) is 0 Å². The molecule has 0 amide bonds. The molecule has 1 saturated carbocycles. The number of imidazole rings is 1. The Morgan fingerprint density at radius 1 is 1.20 bits per heavy atom. The van der Waals surface area contributed by atoms with Gasteiger partial charge in [0.15, 0.2) is 5.96 Å². The van der Waals surface area contributed by atoms with Crippen LogP contribution in [0.3, 0.4) is 0 Å². The number of hydrogen-bond donors (Lipinski definition) is 2. The highest BCUT2D eigenvalue weighted by atomic mass is 127. The van der Waals surface area contributed by atoms with Crippen LogP contribution < -0.4 is 11.1 Å². The fraction of sp³-hybridized carbons (Fsp3) is 0.474. The summed E-state index contributed by atoms with van der Waals surface area (Å²) in [6.45, 7) is 1.43. The molecule has 1 aliphatic carbocycles. The number of nitrogens with two attached hydrogens (primary N) is 1. The monoisotopic (exact) mass is 453 g/mol. The third-order valence-corrected chi connectivity index (χ3v) is 4.63. The Morgan fingerprint density at radius 2 is 1.96 bits per heavy atom. The van der Waals surface area contributed by atoms with Crippen LogP contribution in [0.15, 0.2) is 47.7 Å².